The molecule has 17 heavy (non-hydrogen) atoms. The Bertz CT molecular complexity index is 358. The maximum atomic E-state index is 5.87. The lowest BCUT2D eigenvalue weighted by molar-refractivity contribution is -0.0370. The van der Waals surface area contributed by atoms with Crippen LogP contribution in [0.4, 0.5) is 0 Å². The topological polar surface area (TPSA) is 24.5 Å². The van der Waals surface area contributed by atoms with Crippen molar-refractivity contribution in [3.63, 3.8) is 0 Å². The van der Waals surface area contributed by atoms with Gasteiger partial charge in [0.25, 0.3) is 0 Å². The molecule has 2 atom stereocenters. The van der Waals surface area contributed by atoms with E-state index < -0.39 is 0 Å². The highest BCUT2D eigenvalue weighted by molar-refractivity contribution is 9.11. The second-order valence-corrected chi connectivity index (χ2v) is 7.02. The fourth-order valence-corrected chi connectivity index (χ4v) is 3.69. The number of halogens is 1. The van der Waals surface area contributed by atoms with Crippen molar-refractivity contribution in [2.45, 2.75) is 18.6 Å². The minimum Gasteiger partial charge on any atom is -0.374 e. The van der Waals surface area contributed by atoms with Gasteiger partial charge in [-0.3, -0.25) is 0 Å². The Morgan fingerprint density at radius 3 is 3.06 bits per heavy atom. The summed E-state index contributed by atoms with van der Waals surface area (Å²) in [4.78, 5) is 3.73. The minimum absolute atomic E-state index is 0.291. The van der Waals surface area contributed by atoms with E-state index in [1.807, 2.05) is 7.05 Å². The predicted octanol–water partition coefficient (Wildman–Crippen LogP) is 1.97. The predicted molar refractivity (Wildman–Crippen MR) is 75.8 cm³/mol. The third-order valence-corrected chi connectivity index (χ3v) is 4.81. The van der Waals surface area contributed by atoms with Crippen LogP contribution in [0.1, 0.15) is 4.88 Å². The summed E-state index contributed by atoms with van der Waals surface area (Å²) in [5.74, 6) is 0. The van der Waals surface area contributed by atoms with Gasteiger partial charge in [-0.25, -0.2) is 0 Å². The molecule has 1 N–H and O–H groups in total. The molecule has 3 nitrogen and oxygen atoms in total. The lowest BCUT2D eigenvalue weighted by Crippen LogP contribution is -2.51. The molecule has 2 unspecified atom stereocenters. The number of rotatable bonds is 4. The zero-order valence-corrected chi connectivity index (χ0v) is 12.7. The van der Waals surface area contributed by atoms with Crippen molar-refractivity contribution in [1.29, 1.82) is 0 Å². The smallest absolute Gasteiger partial charge is 0.0858 e. The molecule has 5 heteroatoms. The molecule has 1 aliphatic heterocycles. The second kappa shape index (κ2) is 6.29. The van der Waals surface area contributed by atoms with Crippen LogP contribution in [-0.2, 0) is 11.2 Å². The van der Waals surface area contributed by atoms with E-state index in [9.17, 15) is 0 Å². The Morgan fingerprint density at radius 2 is 2.47 bits per heavy atom. The molecule has 0 aliphatic carbocycles. The quantitative estimate of drug-likeness (QED) is 0.918. The molecule has 96 valence electrons. The molecule has 0 radical (unpaired) electrons. The molecule has 2 rings (SSSR count). The van der Waals surface area contributed by atoms with Gasteiger partial charge in [0.1, 0.15) is 0 Å². The van der Waals surface area contributed by atoms with Gasteiger partial charge in [-0.2, -0.15) is 0 Å². The van der Waals surface area contributed by atoms with Gasteiger partial charge in [-0.05, 0) is 48.6 Å². The Balaban J connectivity index is 1.95. The fourth-order valence-electron chi connectivity index (χ4n) is 2.15. The van der Waals surface area contributed by atoms with Crippen molar-refractivity contribution in [2.24, 2.45) is 0 Å². The molecule has 0 amide bonds. The molecule has 0 saturated carbocycles. The first kappa shape index (κ1) is 13.5. The number of hydrogen-bond donors (Lipinski definition) is 1. The number of hydrogen-bond acceptors (Lipinski definition) is 4. The van der Waals surface area contributed by atoms with Crippen LogP contribution in [0.2, 0.25) is 0 Å². The minimum atomic E-state index is 0.291. The van der Waals surface area contributed by atoms with Gasteiger partial charge in [0.05, 0.1) is 16.5 Å². The summed E-state index contributed by atoms with van der Waals surface area (Å²) in [5, 5.41) is 3.39. The molecule has 0 bridgehead atoms. The number of thiophene rings is 1. The fraction of sp³-hybridized carbons (Fsp3) is 0.667. The van der Waals surface area contributed by atoms with Crippen molar-refractivity contribution in [3.05, 3.63) is 20.8 Å². The molecule has 1 fully saturated rings. The average molecular weight is 319 g/mol. The molecule has 1 aromatic rings. The van der Waals surface area contributed by atoms with Gasteiger partial charge in [0, 0.05) is 24.0 Å². The normalized spacial score (nSPS) is 23.8. The van der Waals surface area contributed by atoms with Crippen LogP contribution in [-0.4, -0.2) is 50.8 Å². The average Bonchev–Trinajstić information content (AvgIpc) is 2.72. The molecule has 0 spiro atoms. The summed E-state index contributed by atoms with van der Waals surface area (Å²) in [7, 11) is 4.18. The second-order valence-electron chi connectivity index (χ2n) is 4.48. The van der Waals surface area contributed by atoms with Gasteiger partial charge in [0.15, 0.2) is 0 Å². The van der Waals surface area contributed by atoms with Crippen LogP contribution in [0.3, 0.4) is 0 Å². The lowest BCUT2D eigenvalue weighted by Gasteiger charge is -2.35. The SMILES string of the molecule is CNC(Cc1ccc(Br)s1)C1CN(C)CCO1. The zero-order valence-electron chi connectivity index (χ0n) is 10.3. The maximum Gasteiger partial charge on any atom is 0.0858 e. The molecule has 2 heterocycles. The number of ether oxygens (including phenoxy) is 1. The Labute approximate surface area is 115 Å². The monoisotopic (exact) mass is 318 g/mol. The number of nitrogens with one attached hydrogen (secondary N) is 1. The highest BCUT2D eigenvalue weighted by atomic mass is 79.9. The first-order chi connectivity index (χ1) is 8.19. The maximum absolute atomic E-state index is 5.87. The Hall–Kier alpha value is 0.0600. The van der Waals surface area contributed by atoms with E-state index in [2.05, 4.69) is 45.3 Å². The molecular weight excluding hydrogens is 300 g/mol. The molecular formula is C12H19BrN2OS. The summed E-state index contributed by atoms with van der Waals surface area (Å²) < 4.78 is 7.07. The van der Waals surface area contributed by atoms with E-state index in [1.54, 1.807) is 11.3 Å². The molecule has 1 saturated heterocycles. The summed E-state index contributed by atoms with van der Waals surface area (Å²) >= 11 is 5.31. The summed E-state index contributed by atoms with van der Waals surface area (Å²) in [5.41, 5.74) is 0. The number of morpholine rings is 1. The standard InChI is InChI=1S/C12H19BrN2OS/c1-14-10(7-9-3-4-12(13)17-9)11-8-15(2)5-6-16-11/h3-4,10-11,14H,5-8H2,1-2H3. The van der Waals surface area contributed by atoms with Crippen LogP contribution in [0.5, 0.6) is 0 Å². The highest BCUT2D eigenvalue weighted by Gasteiger charge is 2.26. The first-order valence-corrected chi connectivity index (χ1v) is 7.51. The first-order valence-electron chi connectivity index (χ1n) is 5.90. The molecule has 1 aliphatic rings. The van der Waals surface area contributed by atoms with Crippen molar-refractivity contribution >= 4 is 27.3 Å². The van der Waals surface area contributed by atoms with E-state index in [4.69, 9.17) is 4.74 Å². The summed E-state index contributed by atoms with van der Waals surface area (Å²) in [6.07, 6.45) is 1.32. The van der Waals surface area contributed by atoms with Gasteiger partial charge in [-0.15, -0.1) is 11.3 Å². The van der Waals surface area contributed by atoms with E-state index in [0.29, 0.717) is 12.1 Å². The van der Waals surface area contributed by atoms with Crippen LogP contribution < -0.4 is 5.32 Å². The third-order valence-electron chi connectivity index (χ3n) is 3.17. The van der Waals surface area contributed by atoms with E-state index in [0.717, 1.165) is 26.1 Å². The summed E-state index contributed by atoms with van der Waals surface area (Å²) in [6, 6.07) is 4.69. The van der Waals surface area contributed by atoms with Crippen LogP contribution >= 0.6 is 27.3 Å². The van der Waals surface area contributed by atoms with E-state index in [1.165, 1.54) is 8.66 Å². The van der Waals surface area contributed by atoms with Crippen molar-refractivity contribution in [3.8, 4) is 0 Å². The Kier molecular flexibility index (Phi) is 4.99. The van der Waals surface area contributed by atoms with E-state index in [-0.39, 0.29) is 0 Å². The lowest BCUT2D eigenvalue weighted by atomic mass is 10.1. The van der Waals surface area contributed by atoms with Gasteiger partial charge in [-0.1, -0.05) is 0 Å². The van der Waals surface area contributed by atoms with Crippen LogP contribution in [0.15, 0.2) is 15.9 Å². The number of nitrogens with zero attached hydrogens (tertiary/aromatic N) is 1. The van der Waals surface area contributed by atoms with Gasteiger partial charge < -0.3 is 15.0 Å². The number of likely N-dealkylation sites (N-methyl/N-ethyl adjacent to an activating group) is 2. The molecule has 0 aromatic carbocycles. The van der Waals surface area contributed by atoms with Crippen LogP contribution in [0, 0.1) is 0 Å². The van der Waals surface area contributed by atoms with Gasteiger partial charge >= 0.3 is 0 Å². The summed E-state index contributed by atoms with van der Waals surface area (Å²) in [6.45, 7) is 2.89. The van der Waals surface area contributed by atoms with Gasteiger partial charge in [0.2, 0.25) is 0 Å². The van der Waals surface area contributed by atoms with Crippen molar-refractivity contribution in [1.82, 2.24) is 10.2 Å². The van der Waals surface area contributed by atoms with Crippen LogP contribution in [0.25, 0.3) is 0 Å². The third kappa shape index (κ3) is 3.76. The Morgan fingerprint density at radius 1 is 1.65 bits per heavy atom. The zero-order chi connectivity index (χ0) is 12.3. The largest absolute Gasteiger partial charge is 0.374 e. The van der Waals surface area contributed by atoms with E-state index >= 15 is 0 Å². The molecule has 1 aromatic heterocycles. The van der Waals surface area contributed by atoms with Crippen molar-refractivity contribution < 1.29 is 4.74 Å². The van der Waals surface area contributed by atoms with Crippen molar-refractivity contribution in [2.75, 3.05) is 33.8 Å². The highest BCUT2D eigenvalue weighted by Crippen LogP contribution is 2.24.